The highest BCUT2D eigenvalue weighted by molar-refractivity contribution is 5.55. The number of tetrazole rings is 1. The lowest BCUT2D eigenvalue weighted by molar-refractivity contribution is 0.620. The highest BCUT2D eigenvalue weighted by Gasteiger charge is 2.13. The fourth-order valence-corrected chi connectivity index (χ4v) is 2.00. The summed E-state index contributed by atoms with van der Waals surface area (Å²) >= 11 is 0. The fraction of sp³-hybridized carbons (Fsp3) is 0.0667. The topological polar surface area (TPSA) is 67.4 Å². The number of rotatable bonds is 3. The predicted molar refractivity (Wildman–Crippen MR) is 73.5 cm³/mol. The first-order valence-electron chi connectivity index (χ1n) is 6.28. The van der Waals surface area contributed by atoms with E-state index in [2.05, 4.69) is 21.6 Å². The average molecular weight is 279 g/mol. The Balaban J connectivity index is 1.92. The summed E-state index contributed by atoms with van der Waals surface area (Å²) in [6.45, 7) is 0.405. The molecule has 0 radical (unpaired) electrons. The smallest absolute Gasteiger partial charge is 0.185 e. The van der Waals surface area contributed by atoms with E-state index in [4.69, 9.17) is 5.26 Å². The molecule has 0 atom stereocenters. The van der Waals surface area contributed by atoms with Crippen LogP contribution in [0.25, 0.3) is 11.4 Å². The summed E-state index contributed by atoms with van der Waals surface area (Å²) in [7, 11) is 0. The monoisotopic (exact) mass is 279 g/mol. The second-order valence-corrected chi connectivity index (χ2v) is 4.45. The van der Waals surface area contributed by atoms with Gasteiger partial charge < -0.3 is 0 Å². The van der Waals surface area contributed by atoms with E-state index in [0.717, 1.165) is 5.56 Å². The predicted octanol–water partition coefficient (Wildman–Crippen LogP) is 2.40. The van der Waals surface area contributed by atoms with Gasteiger partial charge in [0.1, 0.15) is 5.82 Å². The van der Waals surface area contributed by atoms with Gasteiger partial charge in [-0.15, -0.1) is 5.10 Å². The van der Waals surface area contributed by atoms with Crippen LogP contribution in [0, 0.1) is 17.1 Å². The summed E-state index contributed by atoms with van der Waals surface area (Å²) in [4.78, 5) is 0. The number of nitriles is 1. The summed E-state index contributed by atoms with van der Waals surface area (Å²) in [5, 5.41) is 20.2. The van der Waals surface area contributed by atoms with Crippen LogP contribution in [0.3, 0.4) is 0 Å². The highest BCUT2D eigenvalue weighted by Crippen LogP contribution is 2.20. The van der Waals surface area contributed by atoms with Gasteiger partial charge in [-0.1, -0.05) is 24.3 Å². The lowest BCUT2D eigenvalue weighted by atomic mass is 10.1. The third-order valence-corrected chi connectivity index (χ3v) is 3.06. The second-order valence-electron chi connectivity index (χ2n) is 4.45. The zero-order valence-electron chi connectivity index (χ0n) is 10.9. The van der Waals surface area contributed by atoms with E-state index in [1.807, 2.05) is 12.1 Å². The molecule has 0 N–H and O–H groups in total. The van der Waals surface area contributed by atoms with Crippen molar-refractivity contribution in [1.82, 2.24) is 20.2 Å². The molecule has 0 spiro atoms. The SMILES string of the molecule is N#Cc1ccc(Cn2nnnc2-c2ccccc2F)cc1. The molecule has 0 aliphatic heterocycles. The Bertz CT molecular complexity index is 801. The van der Waals surface area contributed by atoms with Crippen molar-refractivity contribution >= 4 is 0 Å². The van der Waals surface area contributed by atoms with Gasteiger partial charge in [0.05, 0.1) is 23.7 Å². The molecule has 0 amide bonds. The van der Waals surface area contributed by atoms with Gasteiger partial charge >= 0.3 is 0 Å². The van der Waals surface area contributed by atoms with Crippen LogP contribution in [-0.4, -0.2) is 20.2 Å². The van der Waals surface area contributed by atoms with Crippen molar-refractivity contribution in [2.75, 3.05) is 0 Å². The molecule has 3 rings (SSSR count). The van der Waals surface area contributed by atoms with Gasteiger partial charge in [-0.3, -0.25) is 0 Å². The molecule has 0 saturated carbocycles. The van der Waals surface area contributed by atoms with Crippen molar-refractivity contribution in [2.45, 2.75) is 6.54 Å². The largest absolute Gasteiger partial charge is 0.221 e. The quantitative estimate of drug-likeness (QED) is 0.738. The van der Waals surface area contributed by atoms with Crippen LogP contribution in [0.1, 0.15) is 11.1 Å². The van der Waals surface area contributed by atoms with Gasteiger partial charge in [0.25, 0.3) is 0 Å². The Kier molecular flexibility index (Phi) is 3.39. The van der Waals surface area contributed by atoms with Gasteiger partial charge in [-0.05, 0) is 40.3 Å². The minimum atomic E-state index is -0.367. The van der Waals surface area contributed by atoms with E-state index in [0.29, 0.717) is 23.5 Å². The third kappa shape index (κ3) is 2.62. The molecule has 1 heterocycles. The fourth-order valence-electron chi connectivity index (χ4n) is 2.00. The molecule has 102 valence electrons. The molecular formula is C15H10FN5. The van der Waals surface area contributed by atoms with Crippen LogP contribution in [0.2, 0.25) is 0 Å². The van der Waals surface area contributed by atoms with Crippen LogP contribution in [0.15, 0.2) is 48.5 Å². The Morgan fingerprint density at radius 2 is 1.86 bits per heavy atom. The number of benzene rings is 2. The van der Waals surface area contributed by atoms with Gasteiger partial charge in [0.15, 0.2) is 5.82 Å². The minimum absolute atomic E-state index is 0.358. The van der Waals surface area contributed by atoms with Crippen molar-refractivity contribution in [1.29, 1.82) is 5.26 Å². The van der Waals surface area contributed by atoms with Crippen molar-refractivity contribution in [3.8, 4) is 17.5 Å². The van der Waals surface area contributed by atoms with E-state index in [-0.39, 0.29) is 5.82 Å². The van der Waals surface area contributed by atoms with Crippen molar-refractivity contribution in [2.24, 2.45) is 0 Å². The zero-order chi connectivity index (χ0) is 14.7. The van der Waals surface area contributed by atoms with Crippen LogP contribution in [0.4, 0.5) is 4.39 Å². The zero-order valence-corrected chi connectivity index (χ0v) is 10.9. The first kappa shape index (κ1) is 12.9. The maximum absolute atomic E-state index is 13.8. The van der Waals surface area contributed by atoms with E-state index >= 15 is 0 Å². The summed E-state index contributed by atoms with van der Waals surface area (Å²) in [6.07, 6.45) is 0. The number of aromatic nitrogens is 4. The maximum Gasteiger partial charge on any atom is 0.185 e. The second kappa shape index (κ2) is 5.51. The molecule has 3 aromatic rings. The maximum atomic E-state index is 13.8. The standard InChI is InChI=1S/C15H10FN5/c16-14-4-2-1-3-13(14)15-18-19-20-21(15)10-12-7-5-11(9-17)6-8-12/h1-8H,10H2. The molecule has 0 aliphatic carbocycles. The number of nitrogens with zero attached hydrogens (tertiary/aromatic N) is 5. The minimum Gasteiger partial charge on any atom is -0.221 e. The van der Waals surface area contributed by atoms with Crippen LogP contribution < -0.4 is 0 Å². The van der Waals surface area contributed by atoms with Crippen LogP contribution >= 0.6 is 0 Å². The molecule has 1 aromatic heterocycles. The number of halogens is 1. The lowest BCUT2D eigenvalue weighted by Crippen LogP contribution is -2.05. The number of hydrogen-bond donors (Lipinski definition) is 0. The Labute approximate surface area is 120 Å². The van der Waals surface area contributed by atoms with E-state index in [1.165, 1.54) is 10.7 Å². The third-order valence-electron chi connectivity index (χ3n) is 3.06. The molecule has 6 heteroatoms. The van der Waals surface area contributed by atoms with Crippen LogP contribution in [-0.2, 0) is 6.54 Å². The van der Waals surface area contributed by atoms with E-state index in [1.54, 1.807) is 30.3 Å². The van der Waals surface area contributed by atoms with Crippen LogP contribution in [0.5, 0.6) is 0 Å². The molecule has 0 unspecified atom stereocenters. The lowest BCUT2D eigenvalue weighted by Gasteiger charge is -2.05. The van der Waals surface area contributed by atoms with E-state index in [9.17, 15) is 4.39 Å². The molecule has 0 fully saturated rings. The molecule has 0 saturated heterocycles. The van der Waals surface area contributed by atoms with E-state index < -0.39 is 0 Å². The summed E-state index contributed by atoms with van der Waals surface area (Å²) < 4.78 is 15.4. The van der Waals surface area contributed by atoms with Crippen molar-refractivity contribution < 1.29 is 4.39 Å². The molecule has 5 nitrogen and oxygen atoms in total. The Hall–Kier alpha value is -3.07. The first-order valence-corrected chi connectivity index (χ1v) is 6.28. The molecule has 2 aromatic carbocycles. The average Bonchev–Trinajstić information content (AvgIpc) is 2.96. The van der Waals surface area contributed by atoms with Gasteiger partial charge in [-0.25, -0.2) is 9.07 Å². The summed E-state index contributed by atoms with van der Waals surface area (Å²) in [6, 6.07) is 15.5. The normalized spacial score (nSPS) is 10.3. The molecule has 0 aliphatic rings. The first-order chi connectivity index (χ1) is 10.3. The molecule has 0 bridgehead atoms. The molecular weight excluding hydrogens is 269 g/mol. The van der Waals surface area contributed by atoms with Gasteiger partial charge in [0, 0.05) is 0 Å². The van der Waals surface area contributed by atoms with Crippen molar-refractivity contribution in [3.05, 3.63) is 65.5 Å². The van der Waals surface area contributed by atoms with Gasteiger partial charge in [-0.2, -0.15) is 5.26 Å². The highest BCUT2D eigenvalue weighted by atomic mass is 19.1. The number of hydrogen-bond acceptors (Lipinski definition) is 4. The molecule has 21 heavy (non-hydrogen) atoms. The van der Waals surface area contributed by atoms with Gasteiger partial charge in [0.2, 0.25) is 0 Å². The summed E-state index contributed by atoms with van der Waals surface area (Å²) in [5.74, 6) is 0.00541. The Morgan fingerprint density at radius 1 is 1.10 bits per heavy atom. The van der Waals surface area contributed by atoms with Crippen molar-refractivity contribution in [3.63, 3.8) is 0 Å². The Morgan fingerprint density at radius 3 is 2.57 bits per heavy atom. The summed E-state index contributed by atoms with van der Waals surface area (Å²) in [5.41, 5.74) is 1.87.